The van der Waals surface area contributed by atoms with Gasteiger partial charge in [-0.15, -0.1) is 0 Å². The van der Waals surface area contributed by atoms with Crippen molar-refractivity contribution in [3.63, 3.8) is 0 Å². The van der Waals surface area contributed by atoms with Gasteiger partial charge in [0.1, 0.15) is 0 Å². The molecule has 0 radical (unpaired) electrons. The fourth-order valence-corrected chi connectivity index (χ4v) is 2.46. The summed E-state index contributed by atoms with van der Waals surface area (Å²) in [6.45, 7) is 0. The molecule has 5 nitrogen and oxygen atoms in total. The van der Waals surface area contributed by atoms with Gasteiger partial charge >= 0.3 is 0 Å². The van der Waals surface area contributed by atoms with Crippen LogP contribution in [0.15, 0.2) is 27.6 Å². The van der Waals surface area contributed by atoms with Gasteiger partial charge in [-0.3, -0.25) is 10.3 Å². The normalized spacial score (nSPS) is 11.4. The van der Waals surface area contributed by atoms with Gasteiger partial charge in [-0.25, -0.2) is 13.6 Å². The second kappa shape index (κ2) is 4.26. The molecule has 0 aliphatic carbocycles. The van der Waals surface area contributed by atoms with Crippen molar-refractivity contribution in [3.8, 4) is 0 Å². The molecule has 0 heterocycles. The SMILES string of the molecule is CONc1ccc(Br)c(S(N)(=O)=O)c1. The van der Waals surface area contributed by atoms with E-state index in [4.69, 9.17) is 5.14 Å². The molecule has 0 spiro atoms. The lowest BCUT2D eigenvalue weighted by molar-refractivity contribution is 0.271. The van der Waals surface area contributed by atoms with Gasteiger partial charge in [0.25, 0.3) is 0 Å². The van der Waals surface area contributed by atoms with Gasteiger partial charge in [0.15, 0.2) is 0 Å². The molecule has 1 rings (SSSR count). The highest BCUT2D eigenvalue weighted by atomic mass is 79.9. The summed E-state index contributed by atoms with van der Waals surface area (Å²) in [4.78, 5) is 4.65. The first-order chi connectivity index (χ1) is 6.45. The Balaban J connectivity index is 3.22. The molecule has 0 aromatic heterocycles. The van der Waals surface area contributed by atoms with Gasteiger partial charge < -0.3 is 0 Å². The van der Waals surface area contributed by atoms with Crippen LogP contribution in [-0.4, -0.2) is 15.5 Å². The molecular formula is C7H9BrN2O3S. The molecule has 7 heteroatoms. The lowest BCUT2D eigenvalue weighted by Crippen LogP contribution is -2.13. The zero-order chi connectivity index (χ0) is 10.8. The third-order valence-corrected chi connectivity index (χ3v) is 3.36. The molecule has 1 aromatic carbocycles. The second-order valence-corrected chi connectivity index (χ2v) is 4.88. The predicted molar refractivity (Wildman–Crippen MR) is 56.1 cm³/mol. The number of sulfonamides is 1. The van der Waals surface area contributed by atoms with Crippen molar-refractivity contribution in [3.05, 3.63) is 22.7 Å². The fraction of sp³-hybridized carbons (Fsp3) is 0.143. The van der Waals surface area contributed by atoms with E-state index in [1.807, 2.05) is 0 Å². The van der Waals surface area contributed by atoms with Crippen LogP contribution in [0.4, 0.5) is 5.69 Å². The molecule has 0 saturated heterocycles. The lowest BCUT2D eigenvalue weighted by Gasteiger charge is -2.06. The first kappa shape index (κ1) is 11.4. The number of benzene rings is 1. The van der Waals surface area contributed by atoms with Crippen LogP contribution in [0.2, 0.25) is 0 Å². The largest absolute Gasteiger partial charge is 0.279 e. The third kappa shape index (κ3) is 2.68. The van der Waals surface area contributed by atoms with E-state index in [0.717, 1.165) is 0 Å². The van der Waals surface area contributed by atoms with Crippen LogP contribution >= 0.6 is 15.9 Å². The summed E-state index contributed by atoms with van der Waals surface area (Å²) in [5.74, 6) is 0. The van der Waals surface area contributed by atoms with Gasteiger partial charge in [0.2, 0.25) is 10.0 Å². The Kier molecular flexibility index (Phi) is 3.48. The number of hydrogen-bond donors (Lipinski definition) is 2. The van der Waals surface area contributed by atoms with Crippen molar-refractivity contribution < 1.29 is 13.3 Å². The fourth-order valence-electron chi connectivity index (χ4n) is 0.903. The molecule has 0 aliphatic rings. The number of nitrogens with two attached hydrogens (primary N) is 1. The standard InChI is InChI=1S/C7H9BrN2O3S/c1-13-10-5-2-3-6(8)7(4-5)14(9,11)12/h2-4,10H,1H3,(H2,9,11,12). The van der Waals surface area contributed by atoms with Crippen molar-refractivity contribution >= 4 is 31.6 Å². The van der Waals surface area contributed by atoms with Crippen molar-refractivity contribution in [1.82, 2.24) is 0 Å². The maximum Gasteiger partial charge on any atom is 0.239 e. The van der Waals surface area contributed by atoms with Crippen LogP contribution in [0, 0.1) is 0 Å². The average Bonchev–Trinajstić information content (AvgIpc) is 2.07. The zero-order valence-electron chi connectivity index (χ0n) is 7.32. The van der Waals surface area contributed by atoms with Gasteiger partial charge in [0.05, 0.1) is 17.7 Å². The van der Waals surface area contributed by atoms with E-state index in [1.54, 1.807) is 12.1 Å². The van der Waals surface area contributed by atoms with Crippen molar-refractivity contribution in [2.45, 2.75) is 4.90 Å². The first-order valence-electron chi connectivity index (χ1n) is 3.56. The van der Waals surface area contributed by atoms with Crippen molar-refractivity contribution in [2.24, 2.45) is 5.14 Å². The zero-order valence-corrected chi connectivity index (χ0v) is 9.72. The summed E-state index contributed by atoms with van der Waals surface area (Å²) < 4.78 is 22.6. The second-order valence-electron chi connectivity index (χ2n) is 2.50. The van der Waals surface area contributed by atoms with Gasteiger partial charge in [-0.05, 0) is 34.1 Å². The minimum absolute atomic E-state index is 0.0135. The Labute approximate surface area is 90.4 Å². The minimum atomic E-state index is -3.72. The van der Waals surface area contributed by atoms with E-state index < -0.39 is 10.0 Å². The van der Waals surface area contributed by atoms with E-state index in [2.05, 4.69) is 26.2 Å². The first-order valence-corrected chi connectivity index (χ1v) is 5.90. The van der Waals surface area contributed by atoms with E-state index in [1.165, 1.54) is 13.2 Å². The van der Waals surface area contributed by atoms with Crippen molar-refractivity contribution in [2.75, 3.05) is 12.6 Å². The highest BCUT2D eigenvalue weighted by molar-refractivity contribution is 9.10. The van der Waals surface area contributed by atoms with Crippen LogP contribution < -0.4 is 10.6 Å². The van der Waals surface area contributed by atoms with E-state index in [0.29, 0.717) is 10.2 Å². The summed E-state index contributed by atoms with van der Waals surface area (Å²) in [5.41, 5.74) is 3.02. The smallest absolute Gasteiger partial charge is 0.239 e. The van der Waals surface area contributed by atoms with Crippen molar-refractivity contribution in [1.29, 1.82) is 0 Å². The molecule has 1 aromatic rings. The molecule has 0 atom stereocenters. The number of nitrogens with one attached hydrogen (secondary N) is 1. The van der Waals surface area contributed by atoms with Gasteiger partial charge in [0, 0.05) is 4.47 Å². The third-order valence-electron chi connectivity index (χ3n) is 1.46. The van der Waals surface area contributed by atoms with Crippen LogP contribution in [0.3, 0.4) is 0 Å². The highest BCUT2D eigenvalue weighted by Gasteiger charge is 2.12. The lowest BCUT2D eigenvalue weighted by atomic mass is 10.3. The number of primary sulfonamides is 1. The summed E-state index contributed by atoms with van der Waals surface area (Å²) >= 11 is 3.09. The van der Waals surface area contributed by atoms with Crippen LogP contribution in [-0.2, 0) is 14.9 Å². The predicted octanol–water partition coefficient (Wildman–Crippen LogP) is 1.07. The summed E-state index contributed by atoms with van der Waals surface area (Å²) in [6.07, 6.45) is 0. The molecular weight excluding hydrogens is 272 g/mol. The number of anilines is 1. The molecule has 3 N–H and O–H groups in total. The minimum Gasteiger partial charge on any atom is -0.279 e. The Bertz CT molecular complexity index is 433. The molecule has 0 fully saturated rings. The molecule has 0 amide bonds. The number of hydrogen-bond acceptors (Lipinski definition) is 4. The topological polar surface area (TPSA) is 81.4 Å². The Hall–Kier alpha value is -0.630. The Morgan fingerprint density at radius 2 is 2.14 bits per heavy atom. The summed E-state index contributed by atoms with van der Waals surface area (Å²) in [5, 5.41) is 5.00. The molecule has 0 unspecified atom stereocenters. The maximum atomic E-state index is 11.1. The quantitative estimate of drug-likeness (QED) is 0.812. The van der Waals surface area contributed by atoms with Crippen LogP contribution in [0.25, 0.3) is 0 Å². The van der Waals surface area contributed by atoms with E-state index in [-0.39, 0.29) is 4.90 Å². The molecule has 78 valence electrons. The summed E-state index contributed by atoms with van der Waals surface area (Å²) in [6, 6.07) is 4.60. The molecule has 0 bridgehead atoms. The maximum absolute atomic E-state index is 11.1. The van der Waals surface area contributed by atoms with Gasteiger partial charge in [-0.2, -0.15) is 0 Å². The monoisotopic (exact) mass is 280 g/mol. The Morgan fingerprint density at radius 1 is 1.50 bits per heavy atom. The average molecular weight is 281 g/mol. The number of rotatable bonds is 3. The van der Waals surface area contributed by atoms with Crippen LogP contribution in [0.5, 0.6) is 0 Å². The van der Waals surface area contributed by atoms with E-state index >= 15 is 0 Å². The Morgan fingerprint density at radius 3 is 2.64 bits per heavy atom. The summed E-state index contributed by atoms with van der Waals surface area (Å²) in [7, 11) is -2.29. The highest BCUT2D eigenvalue weighted by Crippen LogP contribution is 2.24. The molecule has 14 heavy (non-hydrogen) atoms. The molecule has 0 saturated carbocycles. The van der Waals surface area contributed by atoms with E-state index in [9.17, 15) is 8.42 Å². The van der Waals surface area contributed by atoms with Gasteiger partial charge in [-0.1, -0.05) is 0 Å². The molecule has 0 aliphatic heterocycles. The van der Waals surface area contributed by atoms with Crippen LogP contribution in [0.1, 0.15) is 0 Å². The number of halogens is 1.